The third-order valence-corrected chi connectivity index (χ3v) is 9.36. The van der Waals surface area contributed by atoms with Gasteiger partial charge in [-0.2, -0.15) is 0 Å². The van der Waals surface area contributed by atoms with Gasteiger partial charge in [-0.05, 0) is 83.9 Å². The van der Waals surface area contributed by atoms with Crippen molar-refractivity contribution in [3.8, 4) is 5.75 Å². The van der Waals surface area contributed by atoms with Crippen LogP contribution in [-0.4, -0.2) is 63.2 Å². The molecule has 3 heterocycles. The van der Waals surface area contributed by atoms with E-state index in [2.05, 4.69) is 10.2 Å². The molecule has 0 unspecified atom stereocenters. The molecule has 9 nitrogen and oxygen atoms in total. The first-order chi connectivity index (χ1) is 24.0. The number of alkyl carbamates (subject to hydrolysis) is 1. The quantitative estimate of drug-likeness (QED) is 0.118. The molecule has 9 heteroatoms. The van der Waals surface area contributed by atoms with Gasteiger partial charge in [0, 0.05) is 27.2 Å². The monoisotopic (exact) mass is 664 g/mol. The summed E-state index contributed by atoms with van der Waals surface area (Å²) < 4.78 is 28.2. The van der Waals surface area contributed by atoms with Gasteiger partial charge in [0.15, 0.2) is 6.29 Å². The molecular formula is C40H44N2O7. The smallest absolute Gasteiger partial charge is 0.408 e. The van der Waals surface area contributed by atoms with E-state index in [9.17, 15) is 9.59 Å². The maximum atomic E-state index is 13.2. The zero-order valence-electron chi connectivity index (χ0n) is 28.1. The largest absolute Gasteiger partial charge is 0.489 e. The van der Waals surface area contributed by atoms with E-state index in [1.807, 2.05) is 91.0 Å². The highest BCUT2D eigenvalue weighted by molar-refractivity contribution is 5.89. The van der Waals surface area contributed by atoms with Crippen LogP contribution in [0, 0.1) is 5.92 Å². The Morgan fingerprint density at radius 3 is 2.10 bits per heavy atom. The molecule has 1 amide bonds. The molecule has 2 bridgehead atoms. The number of nitrogens with zero attached hydrogens (tertiary/aromatic N) is 1. The Morgan fingerprint density at radius 1 is 0.776 bits per heavy atom. The summed E-state index contributed by atoms with van der Waals surface area (Å²) in [6.07, 6.45) is 2.01. The van der Waals surface area contributed by atoms with Gasteiger partial charge in [-0.3, -0.25) is 4.90 Å². The van der Waals surface area contributed by atoms with Gasteiger partial charge in [-0.25, -0.2) is 9.59 Å². The zero-order chi connectivity index (χ0) is 34.0. The molecule has 3 aliphatic rings. The van der Waals surface area contributed by atoms with E-state index in [-0.39, 0.29) is 19.0 Å². The minimum Gasteiger partial charge on any atom is -0.489 e. The Kier molecular flexibility index (Phi) is 11.6. The number of carbonyl (C=O) groups excluding carboxylic acids is 2. The molecule has 256 valence electrons. The number of benzene rings is 4. The van der Waals surface area contributed by atoms with Crippen molar-refractivity contribution in [2.45, 2.75) is 50.9 Å². The van der Waals surface area contributed by atoms with Crippen LogP contribution in [-0.2, 0) is 38.6 Å². The molecule has 4 aromatic carbocycles. The molecule has 4 aromatic rings. The molecule has 0 saturated carbocycles. The van der Waals surface area contributed by atoms with Crippen LogP contribution >= 0.6 is 0 Å². The number of ether oxygens (including phenoxy) is 5. The maximum absolute atomic E-state index is 13.2. The summed E-state index contributed by atoms with van der Waals surface area (Å²) in [7, 11) is 3.23. The van der Waals surface area contributed by atoms with Crippen molar-refractivity contribution >= 4 is 12.1 Å². The minimum atomic E-state index is -0.408. The van der Waals surface area contributed by atoms with Crippen LogP contribution in [0.15, 0.2) is 103 Å². The molecule has 2 atom stereocenters. The van der Waals surface area contributed by atoms with E-state index in [1.54, 1.807) is 26.4 Å². The Balaban J connectivity index is 1.02. The Hall–Kier alpha value is -4.70. The predicted octanol–water partition coefficient (Wildman–Crippen LogP) is 6.69. The lowest BCUT2D eigenvalue weighted by Crippen LogP contribution is -2.52. The SMILES string of the molecule is COC(Cc1ccc(COC(=O)c2ccc(COc3cccc([C@@H](NC(=O)O[C@H]4CN5CCC4CC5)c4ccccc4)c3)cc2)cc1)OC. The van der Waals surface area contributed by atoms with E-state index in [0.717, 1.165) is 60.3 Å². The molecule has 0 aromatic heterocycles. The third-order valence-electron chi connectivity index (χ3n) is 9.36. The van der Waals surface area contributed by atoms with Crippen molar-refractivity contribution < 1.29 is 33.3 Å². The van der Waals surface area contributed by atoms with Crippen LogP contribution in [0.2, 0.25) is 0 Å². The number of carbonyl (C=O) groups is 2. The summed E-state index contributed by atoms with van der Waals surface area (Å²) >= 11 is 0. The lowest BCUT2D eigenvalue weighted by molar-refractivity contribution is -0.100. The molecular weight excluding hydrogens is 620 g/mol. The molecule has 0 spiro atoms. The molecule has 3 saturated heterocycles. The number of amides is 1. The van der Waals surface area contributed by atoms with Gasteiger partial charge in [0.1, 0.15) is 25.1 Å². The fourth-order valence-corrected chi connectivity index (χ4v) is 6.49. The van der Waals surface area contributed by atoms with E-state index in [1.165, 1.54) is 0 Å². The second kappa shape index (κ2) is 16.6. The molecule has 3 aliphatic heterocycles. The van der Waals surface area contributed by atoms with Crippen molar-refractivity contribution in [1.29, 1.82) is 0 Å². The lowest BCUT2D eigenvalue weighted by atomic mass is 9.86. The first-order valence-electron chi connectivity index (χ1n) is 16.8. The number of piperidine rings is 3. The highest BCUT2D eigenvalue weighted by Crippen LogP contribution is 2.31. The van der Waals surface area contributed by atoms with Gasteiger partial charge in [0.05, 0.1) is 11.6 Å². The van der Waals surface area contributed by atoms with E-state index < -0.39 is 18.1 Å². The number of rotatable bonds is 14. The van der Waals surface area contributed by atoms with Crippen molar-refractivity contribution in [2.75, 3.05) is 33.9 Å². The molecule has 0 aliphatic carbocycles. The Bertz CT molecular complexity index is 1650. The Morgan fingerprint density at radius 2 is 1.43 bits per heavy atom. The van der Waals surface area contributed by atoms with Gasteiger partial charge in [0.2, 0.25) is 0 Å². The topological polar surface area (TPSA) is 95.6 Å². The summed E-state index contributed by atoms with van der Waals surface area (Å²) in [5.74, 6) is 0.706. The van der Waals surface area contributed by atoms with Crippen LogP contribution in [0.1, 0.15) is 57.1 Å². The second-order valence-corrected chi connectivity index (χ2v) is 12.6. The summed E-state index contributed by atoms with van der Waals surface area (Å²) in [5.41, 5.74) is 5.17. The highest BCUT2D eigenvalue weighted by atomic mass is 16.7. The predicted molar refractivity (Wildman–Crippen MR) is 185 cm³/mol. The van der Waals surface area contributed by atoms with E-state index in [4.69, 9.17) is 23.7 Å². The maximum Gasteiger partial charge on any atom is 0.408 e. The number of hydrogen-bond acceptors (Lipinski definition) is 8. The number of nitrogens with one attached hydrogen (secondary N) is 1. The fourth-order valence-electron chi connectivity index (χ4n) is 6.49. The van der Waals surface area contributed by atoms with Crippen LogP contribution in [0.4, 0.5) is 4.79 Å². The van der Waals surface area contributed by atoms with Crippen LogP contribution in [0.25, 0.3) is 0 Å². The van der Waals surface area contributed by atoms with Gasteiger partial charge >= 0.3 is 12.1 Å². The van der Waals surface area contributed by atoms with Gasteiger partial charge in [-0.15, -0.1) is 0 Å². The van der Waals surface area contributed by atoms with Crippen molar-refractivity contribution in [3.05, 3.63) is 137 Å². The number of methoxy groups -OCH3 is 2. The molecule has 49 heavy (non-hydrogen) atoms. The van der Waals surface area contributed by atoms with E-state index in [0.29, 0.717) is 30.3 Å². The highest BCUT2D eigenvalue weighted by Gasteiger charge is 2.37. The second-order valence-electron chi connectivity index (χ2n) is 12.6. The standard InChI is InChI=1S/C40H44N2O7/c1-45-37(46-2)23-28-11-13-29(14-12-28)27-48-39(43)33-17-15-30(16-18-33)26-47-35-10-6-9-34(24-35)38(32-7-4-3-5-8-32)41-40(44)49-36-25-42-21-19-31(36)20-22-42/h3-18,24,31,36-38H,19-23,25-27H2,1-2H3,(H,41,44)/t36-,38-/m0/s1. The average molecular weight is 665 g/mol. The lowest BCUT2D eigenvalue weighted by Gasteiger charge is -2.43. The normalized spacial score (nSPS) is 18.9. The number of hydrogen-bond donors (Lipinski definition) is 1. The minimum absolute atomic E-state index is 0.0734. The van der Waals surface area contributed by atoms with Crippen molar-refractivity contribution in [2.24, 2.45) is 5.92 Å². The summed E-state index contributed by atoms with van der Waals surface area (Å²) in [6, 6.07) is 32.2. The summed E-state index contributed by atoms with van der Waals surface area (Å²) in [4.78, 5) is 28.3. The van der Waals surface area contributed by atoms with Crippen molar-refractivity contribution in [3.63, 3.8) is 0 Å². The zero-order valence-corrected chi connectivity index (χ0v) is 28.1. The van der Waals surface area contributed by atoms with Crippen LogP contribution < -0.4 is 10.1 Å². The van der Waals surface area contributed by atoms with Crippen molar-refractivity contribution in [1.82, 2.24) is 10.2 Å². The first-order valence-corrected chi connectivity index (χ1v) is 16.8. The average Bonchev–Trinajstić information content (AvgIpc) is 3.16. The van der Waals surface area contributed by atoms with Gasteiger partial charge in [0.25, 0.3) is 0 Å². The Labute approximate surface area is 288 Å². The molecule has 3 fully saturated rings. The molecule has 7 rings (SSSR count). The molecule has 0 radical (unpaired) electrons. The number of esters is 1. The first kappa shape index (κ1) is 34.2. The third kappa shape index (κ3) is 9.26. The summed E-state index contributed by atoms with van der Waals surface area (Å²) in [6.45, 7) is 3.47. The van der Waals surface area contributed by atoms with Gasteiger partial charge in [-0.1, -0.05) is 78.9 Å². The fraction of sp³-hybridized carbons (Fsp3) is 0.350. The van der Waals surface area contributed by atoms with Gasteiger partial charge < -0.3 is 29.0 Å². The van der Waals surface area contributed by atoms with Crippen LogP contribution in [0.3, 0.4) is 0 Å². The number of fused-ring (bicyclic) bond motifs is 3. The summed E-state index contributed by atoms with van der Waals surface area (Å²) in [5, 5.41) is 3.12. The van der Waals surface area contributed by atoms with E-state index >= 15 is 0 Å². The molecule has 1 N–H and O–H groups in total. The van der Waals surface area contributed by atoms with Crippen LogP contribution in [0.5, 0.6) is 5.75 Å².